The zero-order valence-electron chi connectivity index (χ0n) is 10.1. The smallest absolute Gasteiger partial charge is 0.184 e. The van der Waals surface area contributed by atoms with Crippen molar-refractivity contribution >= 4 is 17.3 Å². The SMILES string of the molecule is CC(C)CC(=O)COCC1=CC(=O)C=CC1=O. The number of allylic oxidation sites excluding steroid dienone is 3. The van der Waals surface area contributed by atoms with Crippen LogP contribution in [0.2, 0.25) is 0 Å². The minimum atomic E-state index is -0.235. The molecule has 4 nitrogen and oxygen atoms in total. The van der Waals surface area contributed by atoms with E-state index in [2.05, 4.69) is 0 Å². The van der Waals surface area contributed by atoms with Crippen molar-refractivity contribution in [2.75, 3.05) is 13.2 Å². The Hall–Kier alpha value is -1.55. The summed E-state index contributed by atoms with van der Waals surface area (Å²) in [6, 6.07) is 0. The molecule has 17 heavy (non-hydrogen) atoms. The van der Waals surface area contributed by atoms with Crippen LogP contribution in [-0.2, 0) is 19.1 Å². The first-order chi connectivity index (χ1) is 7.99. The number of rotatable bonds is 6. The average Bonchev–Trinajstić information content (AvgIpc) is 2.22. The Labute approximate surface area is 100 Å². The van der Waals surface area contributed by atoms with Crippen LogP contribution in [0.4, 0.5) is 0 Å². The number of hydrogen-bond acceptors (Lipinski definition) is 4. The summed E-state index contributed by atoms with van der Waals surface area (Å²) in [7, 11) is 0. The quantitative estimate of drug-likeness (QED) is 0.651. The van der Waals surface area contributed by atoms with Gasteiger partial charge in [-0.2, -0.15) is 0 Å². The largest absolute Gasteiger partial charge is 0.369 e. The maximum Gasteiger partial charge on any atom is 0.184 e. The third kappa shape index (κ3) is 4.87. The van der Waals surface area contributed by atoms with Crippen molar-refractivity contribution in [3.63, 3.8) is 0 Å². The molecule has 0 aliphatic heterocycles. The van der Waals surface area contributed by atoms with E-state index >= 15 is 0 Å². The van der Waals surface area contributed by atoms with Crippen LogP contribution in [0.5, 0.6) is 0 Å². The van der Waals surface area contributed by atoms with Crippen molar-refractivity contribution in [3.05, 3.63) is 23.8 Å². The van der Waals surface area contributed by atoms with Gasteiger partial charge in [-0.15, -0.1) is 0 Å². The lowest BCUT2D eigenvalue weighted by Crippen LogP contribution is -2.16. The third-order valence-corrected chi connectivity index (χ3v) is 2.19. The summed E-state index contributed by atoms with van der Waals surface area (Å²) >= 11 is 0. The van der Waals surface area contributed by atoms with E-state index in [1.807, 2.05) is 13.8 Å². The number of carbonyl (C=O) groups excluding carboxylic acids is 3. The first-order valence-corrected chi connectivity index (χ1v) is 5.55. The minimum absolute atomic E-state index is 0.00530. The van der Waals surface area contributed by atoms with E-state index in [-0.39, 0.29) is 30.6 Å². The highest BCUT2D eigenvalue weighted by molar-refractivity contribution is 6.17. The van der Waals surface area contributed by atoms with Crippen LogP contribution in [0.25, 0.3) is 0 Å². The summed E-state index contributed by atoms with van der Waals surface area (Å²) in [6.07, 6.45) is 4.15. The van der Waals surface area contributed by atoms with Gasteiger partial charge in [0.15, 0.2) is 17.3 Å². The summed E-state index contributed by atoms with van der Waals surface area (Å²) in [6.45, 7) is 3.91. The number of ether oxygens (including phenoxy) is 1. The van der Waals surface area contributed by atoms with Crippen LogP contribution >= 0.6 is 0 Å². The molecule has 0 bridgehead atoms. The lowest BCUT2D eigenvalue weighted by atomic mass is 10.0. The van der Waals surface area contributed by atoms with E-state index < -0.39 is 0 Å². The Morgan fingerprint density at radius 3 is 2.65 bits per heavy atom. The molecule has 1 aliphatic carbocycles. The van der Waals surface area contributed by atoms with E-state index in [1.54, 1.807) is 0 Å². The van der Waals surface area contributed by atoms with E-state index in [9.17, 15) is 14.4 Å². The van der Waals surface area contributed by atoms with Crippen LogP contribution < -0.4 is 0 Å². The van der Waals surface area contributed by atoms with Crippen molar-refractivity contribution in [3.8, 4) is 0 Å². The van der Waals surface area contributed by atoms with E-state index in [0.29, 0.717) is 17.9 Å². The number of ketones is 3. The summed E-state index contributed by atoms with van der Waals surface area (Å²) < 4.78 is 5.13. The highest BCUT2D eigenvalue weighted by atomic mass is 16.5. The average molecular weight is 236 g/mol. The van der Waals surface area contributed by atoms with Crippen molar-refractivity contribution in [2.24, 2.45) is 5.92 Å². The molecule has 0 N–H and O–H groups in total. The molecule has 0 fully saturated rings. The molecule has 0 saturated carbocycles. The molecule has 0 radical (unpaired) electrons. The topological polar surface area (TPSA) is 60.4 Å². The molecule has 0 saturated heterocycles. The summed E-state index contributed by atoms with van der Waals surface area (Å²) in [4.78, 5) is 33.7. The second kappa shape index (κ2) is 6.25. The van der Waals surface area contributed by atoms with E-state index in [1.165, 1.54) is 18.2 Å². The lowest BCUT2D eigenvalue weighted by Gasteiger charge is -2.08. The Bertz CT molecular complexity index is 388. The zero-order valence-corrected chi connectivity index (χ0v) is 10.1. The monoisotopic (exact) mass is 236 g/mol. The molecule has 1 rings (SSSR count). The van der Waals surface area contributed by atoms with Crippen LogP contribution in [0.1, 0.15) is 20.3 Å². The van der Waals surface area contributed by atoms with Gasteiger partial charge in [-0.3, -0.25) is 14.4 Å². The van der Waals surface area contributed by atoms with Gasteiger partial charge < -0.3 is 4.74 Å². The van der Waals surface area contributed by atoms with Crippen LogP contribution in [0.15, 0.2) is 23.8 Å². The molecule has 92 valence electrons. The second-order valence-corrected chi connectivity index (χ2v) is 4.40. The van der Waals surface area contributed by atoms with Gasteiger partial charge in [0.2, 0.25) is 0 Å². The second-order valence-electron chi connectivity index (χ2n) is 4.40. The molecule has 0 spiro atoms. The van der Waals surface area contributed by atoms with Crippen LogP contribution in [-0.4, -0.2) is 30.6 Å². The Kier molecular flexibility index (Phi) is 4.97. The van der Waals surface area contributed by atoms with Gasteiger partial charge in [-0.05, 0) is 24.1 Å². The fourth-order valence-electron chi connectivity index (χ4n) is 1.46. The predicted octanol–water partition coefficient (Wildman–Crippen LogP) is 1.25. The first-order valence-electron chi connectivity index (χ1n) is 5.55. The molecule has 0 aromatic heterocycles. The normalized spacial score (nSPS) is 15.4. The van der Waals surface area contributed by atoms with E-state index in [4.69, 9.17) is 4.74 Å². The van der Waals surface area contributed by atoms with Crippen molar-refractivity contribution in [1.82, 2.24) is 0 Å². The molecule has 1 aliphatic rings. The molecule has 4 heteroatoms. The molecule has 0 amide bonds. The van der Waals surface area contributed by atoms with E-state index in [0.717, 1.165) is 0 Å². The summed E-state index contributed by atoms with van der Waals surface area (Å²) in [5, 5.41) is 0. The Morgan fingerprint density at radius 2 is 2.00 bits per heavy atom. The fourth-order valence-corrected chi connectivity index (χ4v) is 1.46. The van der Waals surface area contributed by atoms with Crippen molar-refractivity contribution < 1.29 is 19.1 Å². The maximum absolute atomic E-state index is 11.3. The zero-order chi connectivity index (χ0) is 12.8. The van der Waals surface area contributed by atoms with Gasteiger partial charge >= 0.3 is 0 Å². The minimum Gasteiger partial charge on any atom is -0.369 e. The number of hydrogen-bond donors (Lipinski definition) is 0. The summed E-state index contributed by atoms with van der Waals surface area (Å²) in [5.41, 5.74) is 0.301. The molecular formula is C13H16O4. The molecule has 0 aromatic rings. The predicted molar refractivity (Wildman–Crippen MR) is 62.5 cm³/mol. The van der Waals surface area contributed by atoms with Gasteiger partial charge in [0.05, 0.1) is 6.61 Å². The Morgan fingerprint density at radius 1 is 1.29 bits per heavy atom. The van der Waals surface area contributed by atoms with Crippen LogP contribution in [0, 0.1) is 5.92 Å². The standard InChI is InChI=1S/C13H16O4/c1-9(2)5-12(15)8-17-7-10-6-11(14)3-4-13(10)16/h3-4,6,9H,5,7-8H2,1-2H3. The lowest BCUT2D eigenvalue weighted by molar-refractivity contribution is -0.124. The van der Waals surface area contributed by atoms with Crippen LogP contribution in [0.3, 0.4) is 0 Å². The van der Waals surface area contributed by atoms with Crippen molar-refractivity contribution in [1.29, 1.82) is 0 Å². The highest BCUT2D eigenvalue weighted by Crippen LogP contribution is 2.06. The molecule has 0 heterocycles. The van der Waals surface area contributed by atoms with Gasteiger partial charge in [0.1, 0.15) is 6.61 Å². The number of carbonyl (C=O) groups is 3. The summed E-state index contributed by atoms with van der Waals surface area (Å²) in [5.74, 6) is -0.158. The molecule has 0 atom stereocenters. The highest BCUT2D eigenvalue weighted by Gasteiger charge is 2.14. The first kappa shape index (κ1) is 13.5. The molecule has 0 aromatic carbocycles. The van der Waals surface area contributed by atoms with Gasteiger partial charge in [0.25, 0.3) is 0 Å². The van der Waals surface area contributed by atoms with Gasteiger partial charge in [0, 0.05) is 12.0 Å². The molecule has 0 unspecified atom stereocenters. The maximum atomic E-state index is 11.3. The van der Waals surface area contributed by atoms with Gasteiger partial charge in [-0.25, -0.2) is 0 Å². The Balaban J connectivity index is 2.34. The molecular weight excluding hydrogens is 220 g/mol. The van der Waals surface area contributed by atoms with Crippen molar-refractivity contribution in [2.45, 2.75) is 20.3 Å². The fraction of sp³-hybridized carbons (Fsp3) is 0.462. The third-order valence-electron chi connectivity index (χ3n) is 2.19. The number of Topliss-reactive ketones (excluding diaryl/α,β-unsaturated/α-hetero) is 1. The van der Waals surface area contributed by atoms with Gasteiger partial charge in [-0.1, -0.05) is 13.8 Å².